The van der Waals surface area contributed by atoms with Crippen LogP contribution in [0, 0.1) is 0 Å². The summed E-state index contributed by atoms with van der Waals surface area (Å²) in [4.78, 5) is 0. The van der Waals surface area contributed by atoms with Gasteiger partial charge in [0, 0.05) is 0 Å². The molecule has 0 amide bonds. The number of hydrogen-bond donors (Lipinski definition) is 2. The Hall–Kier alpha value is -1.84. The molecule has 0 saturated heterocycles. The maximum absolute atomic E-state index is 5.14. The Balaban J connectivity index is 2.85. The molecule has 14 heavy (non-hydrogen) atoms. The van der Waals surface area contributed by atoms with Gasteiger partial charge in [0.05, 0.1) is 6.21 Å². The summed E-state index contributed by atoms with van der Waals surface area (Å²) < 4.78 is 0. The second kappa shape index (κ2) is 5.01. The van der Waals surface area contributed by atoms with E-state index in [1.807, 2.05) is 18.2 Å². The fourth-order valence-electron chi connectivity index (χ4n) is 1.14. The average molecular weight is 190 g/mol. The van der Waals surface area contributed by atoms with E-state index in [-0.39, 0.29) is 5.96 Å². The Morgan fingerprint density at radius 1 is 1.36 bits per heavy atom. The third-order valence-electron chi connectivity index (χ3n) is 1.81. The van der Waals surface area contributed by atoms with Gasteiger partial charge in [-0.05, 0) is 17.5 Å². The topological polar surface area (TPSA) is 76.8 Å². The molecule has 0 fully saturated rings. The first kappa shape index (κ1) is 10.2. The van der Waals surface area contributed by atoms with Crippen molar-refractivity contribution in [2.45, 2.75) is 13.3 Å². The fourth-order valence-corrected chi connectivity index (χ4v) is 1.14. The normalized spacial score (nSPS) is 10.4. The van der Waals surface area contributed by atoms with Gasteiger partial charge in [-0.1, -0.05) is 31.2 Å². The summed E-state index contributed by atoms with van der Waals surface area (Å²) in [6.45, 7) is 2.09. The third kappa shape index (κ3) is 2.90. The van der Waals surface area contributed by atoms with E-state index in [0.29, 0.717) is 0 Å². The van der Waals surface area contributed by atoms with Gasteiger partial charge in [0.2, 0.25) is 5.96 Å². The lowest BCUT2D eigenvalue weighted by molar-refractivity contribution is 1.13. The van der Waals surface area contributed by atoms with Gasteiger partial charge in [0.1, 0.15) is 0 Å². The fraction of sp³-hybridized carbons (Fsp3) is 0.200. The van der Waals surface area contributed by atoms with Crippen LogP contribution in [0.5, 0.6) is 0 Å². The van der Waals surface area contributed by atoms with Crippen molar-refractivity contribution in [2.75, 3.05) is 0 Å². The maximum Gasteiger partial charge on any atom is 0.211 e. The van der Waals surface area contributed by atoms with Gasteiger partial charge >= 0.3 is 0 Å². The monoisotopic (exact) mass is 190 g/mol. The molecular formula is C10H14N4. The van der Waals surface area contributed by atoms with E-state index < -0.39 is 0 Å². The van der Waals surface area contributed by atoms with Crippen LogP contribution in [0.15, 0.2) is 34.5 Å². The largest absolute Gasteiger partial charge is 0.369 e. The van der Waals surface area contributed by atoms with Gasteiger partial charge in [-0.2, -0.15) is 5.10 Å². The van der Waals surface area contributed by atoms with Crippen LogP contribution in [0.2, 0.25) is 0 Å². The number of benzene rings is 1. The SMILES string of the molecule is CCc1ccccc1C=NN=C(N)N. The van der Waals surface area contributed by atoms with Crippen molar-refractivity contribution >= 4 is 12.2 Å². The molecule has 4 N–H and O–H groups in total. The number of rotatable bonds is 3. The van der Waals surface area contributed by atoms with Crippen LogP contribution in [-0.4, -0.2) is 12.2 Å². The van der Waals surface area contributed by atoms with Crippen LogP contribution in [0.1, 0.15) is 18.1 Å². The van der Waals surface area contributed by atoms with Gasteiger partial charge in [0.25, 0.3) is 0 Å². The molecule has 0 atom stereocenters. The van der Waals surface area contributed by atoms with E-state index in [0.717, 1.165) is 12.0 Å². The highest BCUT2D eigenvalue weighted by Gasteiger charge is 1.94. The summed E-state index contributed by atoms with van der Waals surface area (Å²) in [7, 11) is 0. The van der Waals surface area contributed by atoms with E-state index in [2.05, 4.69) is 23.2 Å². The molecule has 4 nitrogen and oxygen atoms in total. The highest BCUT2D eigenvalue weighted by molar-refractivity contribution is 5.83. The first-order valence-corrected chi connectivity index (χ1v) is 4.44. The van der Waals surface area contributed by atoms with E-state index in [1.54, 1.807) is 6.21 Å². The van der Waals surface area contributed by atoms with Gasteiger partial charge < -0.3 is 11.5 Å². The molecule has 1 aromatic carbocycles. The quantitative estimate of drug-likeness (QED) is 0.421. The summed E-state index contributed by atoms with van der Waals surface area (Å²) >= 11 is 0. The zero-order valence-corrected chi connectivity index (χ0v) is 8.14. The molecule has 1 aromatic rings. The molecule has 74 valence electrons. The lowest BCUT2D eigenvalue weighted by Gasteiger charge is -1.99. The van der Waals surface area contributed by atoms with Crippen LogP contribution in [0.3, 0.4) is 0 Å². The molecule has 0 radical (unpaired) electrons. The molecule has 0 bridgehead atoms. The van der Waals surface area contributed by atoms with Crippen molar-refractivity contribution < 1.29 is 0 Å². The Morgan fingerprint density at radius 2 is 2.07 bits per heavy atom. The van der Waals surface area contributed by atoms with Crippen LogP contribution in [0.25, 0.3) is 0 Å². The zero-order valence-electron chi connectivity index (χ0n) is 8.14. The molecule has 0 heterocycles. The lowest BCUT2D eigenvalue weighted by Crippen LogP contribution is -2.21. The minimum absolute atomic E-state index is 0.0322. The third-order valence-corrected chi connectivity index (χ3v) is 1.81. The summed E-state index contributed by atoms with van der Waals surface area (Å²) in [6.07, 6.45) is 2.61. The van der Waals surface area contributed by atoms with E-state index in [4.69, 9.17) is 11.5 Å². The molecule has 0 aliphatic rings. The summed E-state index contributed by atoms with van der Waals surface area (Å²) in [5.74, 6) is -0.0322. The van der Waals surface area contributed by atoms with Gasteiger partial charge in [-0.3, -0.25) is 0 Å². The van der Waals surface area contributed by atoms with Crippen molar-refractivity contribution in [3.05, 3.63) is 35.4 Å². The smallest absolute Gasteiger partial charge is 0.211 e. The van der Waals surface area contributed by atoms with Crippen LogP contribution < -0.4 is 11.5 Å². The molecule has 0 aliphatic carbocycles. The van der Waals surface area contributed by atoms with Crippen LogP contribution >= 0.6 is 0 Å². The van der Waals surface area contributed by atoms with Gasteiger partial charge in [-0.25, -0.2) is 0 Å². The average Bonchev–Trinajstić information content (AvgIpc) is 2.18. The lowest BCUT2D eigenvalue weighted by atomic mass is 10.1. The van der Waals surface area contributed by atoms with Crippen LogP contribution in [0.4, 0.5) is 0 Å². The molecular weight excluding hydrogens is 176 g/mol. The number of hydrogen-bond acceptors (Lipinski definition) is 2. The number of nitrogens with two attached hydrogens (primary N) is 2. The Labute approximate surface area is 83.3 Å². The van der Waals surface area contributed by atoms with E-state index in [9.17, 15) is 0 Å². The molecule has 0 aromatic heterocycles. The Kier molecular flexibility index (Phi) is 3.67. The van der Waals surface area contributed by atoms with Crippen molar-refractivity contribution in [3.8, 4) is 0 Å². The maximum atomic E-state index is 5.14. The molecule has 0 unspecified atom stereocenters. The molecule has 1 rings (SSSR count). The van der Waals surface area contributed by atoms with E-state index in [1.165, 1.54) is 5.56 Å². The predicted octanol–water partition coefficient (Wildman–Crippen LogP) is 0.856. The molecule has 4 heteroatoms. The number of nitrogens with zero attached hydrogens (tertiary/aromatic N) is 2. The Bertz CT molecular complexity index is 351. The first-order chi connectivity index (χ1) is 6.74. The highest BCUT2D eigenvalue weighted by Crippen LogP contribution is 2.06. The van der Waals surface area contributed by atoms with Crippen molar-refractivity contribution in [2.24, 2.45) is 21.7 Å². The van der Waals surface area contributed by atoms with E-state index >= 15 is 0 Å². The number of aryl methyl sites for hydroxylation is 1. The minimum Gasteiger partial charge on any atom is -0.369 e. The Morgan fingerprint density at radius 3 is 2.71 bits per heavy atom. The first-order valence-electron chi connectivity index (χ1n) is 4.44. The summed E-state index contributed by atoms with van der Waals surface area (Å²) in [6, 6.07) is 7.98. The molecule has 0 aliphatic heterocycles. The second-order valence-corrected chi connectivity index (χ2v) is 2.82. The van der Waals surface area contributed by atoms with Gasteiger partial charge in [0.15, 0.2) is 0 Å². The predicted molar refractivity (Wildman–Crippen MR) is 59.2 cm³/mol. The van der Waals surface area contributed by atoms with Crippen molar-refractivity contribution in [3.63, 3.8) is 0 Å². The standard InChI is InChI=1S/C10H14N4/c1-2-8-5-3-4-6-9(8)7-13-14-10(11)12/h3-7H,2H2,1H3,(H4,11,12,14). The summed E-state index contributed by atoms with van der Waals surface area (Å²) in [5, 5.41) is 7.30. The molecule has 0 spiro atoms. The molecule has 0 saturated carbocycles. The van der Waals surface area contributed by atoms with Crippen molar-refractivity contribution in [1.82, 2.24) is 0 Å². The summed E-state index contributed by atoms with van der Waals surface area (Å²) in [5.41, 5.74) is 12.5. The number of guanidine groups is 1. The zero-order chi connectivity index (χ0) is 10.4. The van der Waals surface area contributed by atoms with Gasteiger partial charge in [-0.15, -0.1) is 5.10 Å². The van der Waals surface area contributed by atoms with Crippen LogP contribution in [-0.2, 0) is 6.42 Å². The minimum atomic E-state index is -0.0322. The van der Waals surface area contributed by atoms with Crippen molar-refractivity contribution in [1.29, 1.82) is 0 Å². The highest BCUT2D eigenvalue weighted by atomic mass is 15.3. The second-order valence-electron chi connectivity index (χ2n) is 2.82.